The van der Waals surface area contributed by atoms with Crippen molar-refractivity contribution in [2.24, 2.45) is 0 Å². The molecule has 30 heavy (non-hydrogen) atoms. The lowest BCUT2D eigenvalue weighted by atomic mass is 10.2. The first-order chi connectivity index (χ1) is 14.3. The molecule has 3 heterocycles. The molecule has 0 saturated heterocycles. The van der Waals surface area contributed by atoms with E-state index in [2.05, 4.69) is 15.3 Å². The smallest absolute Gasteiger partial charge is 0.259 e. The van der Waals surface area contributed by atoms with Crippen molar-refractivity contribution in [3.63, 3.8) is 0 Å². The van der Waals surface area contributed by atoms with Gasteiger partial charge in [0, 0.05) is 10.3 Å². The van der Waals surface area contributed by atoms with E-state index in [4.69, 9.17) is 4.42 Å². The predicted octanol–water partition coefficient (Wildman–Crippen LogP) is 5.02. The number of hydrogen-bond donors (Lipinski definition) is 2. The highest BCUT2D eigenvalue weighted by molar-refractivity contribution is 8.00. The lowest BCUT2D eigenvalue weighted by Gasteiger charge is -2.13. The highest BCUT2D eigenvalue weighted by Crippen LogP contribution is 2.30. The number of H-pyrrole nitrogens is 1. The fourth-order valence-electron chi connectivity index (χ4n) is 3.31. The summed E-state index contributed by atoms with van der Waals surface area (Å²) < 4.78 is 5.82. The van der Waals surface area contributed by atoms with Gasteiger partial charge in [-0.15, -0.1) is 23.1 Å². The molecule has 2 N–H and O–H groups in total. The number of aryl methyl sites for hydroxylation is 2. The van der Waals surface area contributed by atoms with Crippen LogP contribution in [-0.2, 0) is 4.79 Å². The minimum absolute atomic E-state index is 0.0916. The molecule has 0 aliphatic carbocycles. The zero-order valence-electron chi connectivity index (χ0n) is 17.2. The van der Waals surface area contributed by atoms with Crippen LogP contribution in [0, 0.1) is 13.8 Å². The van der Waals surface area contributed by atoms with Crippen molar-refractivity contribution >= 4 is 50.2 Å². The Balaban J connectivity index is 1.39. The molecule has 4 aromatic rings. The quantitative estimate of drug-likeness (QED) is 0.439. The third-order valence-corrected chi connectivity index (χ3v) is 7.41. The minimum atomic E-state index is -0.229. The summed E-state index contributed by atoms with van der Waals surface area (Å²) in [7, 11) is 0. The van der Waals surface area contributed by atoms with Crippen molar-refractivity contribution in [3.8, 4) is 0 Å². The van der Waals surface area contributed by atoms with Crippen molar-refractivity contribution in [1.29, 1.82) is 0 Å². The van der Waals surface area contributed by atoms with Gasteiger partial charge in [0.25, 0.3) is 5.56 Å². The number of benzene rings is 1. The zero-order valence-corrected chi connectivity index (χ0v) is 18.9. The molecular formula is C22H23N3O3S2. The van der Waals surface area contributed by atoms with Gasteiger partial charge in [-0.1, -0.05) is 18.2 Å². The largest absolute Gasteiger partial charge is 0.459 e. The molecule has 0 radical (unpaired) electrons. The Kier molecular flexibility index (Phi) is 5.71. The molecule has 1 aromatic carbocycles. The average Bonchev–Trinajstić information content (AvgIpc) is 3.27. The molecule has 156 valence electrons. The SMILES string of the molecule is Cc1sc2nc([C@@H](C)SCC(=O)N[C@@H](C)c3cc4ccccc4o3)[nH]c(=O)c2c1C. The van der Waals surface area contributed by atoms with Crippen LogP contribution in [0.3, 0.4) is 0 Å². The second kappa shape index (κ2) is 8.28. The third-order valence-electron chi connectivity index (χ3n) is 5.16. The van der Waals surface area contributed by atoms with Gasteiger partial charge in [0.15, 0.2) is 0 Å². The van der Waals surface area contributed by atoms with Crippen molar-refractivity contribution in [3.05, 3.63) is 62.7 Å². The fourth-order valence-corrected chi connectivity index (χ4v) is 5.10. The van der Waals surface area contributed by atoms with Gasteiger partial charge in [0.1, 0.15) is 22.0 Å². The van der Waals surface area contributed by atoms with Gasteiger partial charge in [0.05, 0.1) is 22.4 Å². The number of para-hydroxylation sites is 1. The number of carbonyl (C=O) groups excluding carboxylic acids is 1. The molecule has 0 fully saturated rings. The van der Waals surface area contributed by atoms with Gasteiger partial charge >= 0.3 is 0 Å². The van der Waals surface area contributed by atoms with Crippen LogP contribution in [0.15, 0.2) is 39.5 Å². The van der Waals surface area contributed by atoms with Crippen LogP contribution in [-0.4, -0.2) is 21.6 Å². The predicted molar refractivity (Wildman–Crippen MR) is 123 cm³/mol. The van der Waals surface area contributed by atoms with Gasteiger partial charge in [0.2, 0.25) is 5.91 Å². The van der Waals surface area contributed by atoms with E-state index < -0.39 is 0 Å². The number of carbonyl (C=O) groups is 1. The summed E-state index contributed by atoms with van der Waals surface area (Å²) in [5.74, 6) is 1.49. The molecule has 0 aliphatic rings. The first-order valence-corrected chi connectivity index (χ1v) is 11.6. The highest BCUT2D eigenvalue weighted by Gasteiger charge is 2.18. The lowest BCUT2D eigenvalue weighted by molar-refractivity contribution is -0.119. The van der Waals surface area contributed by atoms with Crippen LogP contribution in [0.1, 0.15) is 47.2 Å². The average molecular weight is 442 g/mol. The summed E-state index contributed by atoms with van der Waals surface area (Å²) in [5, 5.41) is 4.54. The molecule has 8 heteroatoms. The fraction of sp³-hybridized carbons (Fsp3) is 0.318. The first kappa shape index (κ1) is 20.7. The number of rotatable bonds is 6. The molecule has 0 bridgehead atoms. The summed E-state index contributed by atoms with van der Waals surface area (Å²) >= 11 is 2.96. The third kappa shape index (κ3) is 4.02. The Hall–Kier alpha value is -2.58. The number of thioether (sulfide) groups is 1. The summed E-state index contributed by atoms with van der Waals surface area (Å²) in [6, 6.07) is 9.49. The Morgan fingerprint density at radius 3 is 2.83 bits per heavy atom. The standard InChI is InChI=1S/C22H23N3O3S2/c1-11-13(3)30-22-19(11)21(27)24-20(25-22)14(4)29-10-18(26)23-12(2)17-9-15-7-5-6-8-16(15)28-17/h5-9,12,14H,10H2,1-4H3,(H,23,26)(H,24,25,27)/t12-,14+/m0/s1. The Morgan fingerprint density at radius 1 is 1.30 bits per heavy atom. The summed E-state index contributed by atoms with van der Waals surface area (Å²) in [4.78, 5) is 34.3. The van der Waals surface area contributed by atoms with Crippen molar-refractivity contribution in [2.45, 2.75) is 39.0 Å². The lowest BCUT2D eigenvalue weighted by Crippen LogP contribution is -2.28. The van der Waals surface area contributed by atoms with Crippen LogP contribution < -0.4 is 10.9 Å². The van der Waals surface area contributed by atoms with Gasteiger partial charge in [-0.3, -0.25) is 9.59 Å². The normalized spacial score (nSPS) is 13.6. The molecule has 3 aromatic heterocycles. The van der Waals surface area contributed by atoms with E-state index in [1.807, 2.05) is 58.0 Å². The highest BCUT2D eigenvalue weighted by atomic mass is 32.2. The van der Waals surface area contributed by atoms with E-state index in [1.165, 1.54) is 23.1 Å². The second-order valence-corrected chi connectivity index (χ2v) is 9.88. The Bertz CT molecular complexity index is 1260. The number of nitrogens with one attached hydrogen (secondary N) is 2. The molecule has 6 nitrogen and oxygen atoms in total. The first-order valence-electron chi connectivity index (χ1n) is 9.73. The number of aromatic amines is 1. The molecule has 1 amide bonds. The molecule has 4 rings (SSSR count). The maximum absolute atomic E-state index is 12.5. The number of aromatic nitrogens is 2. The van der Waals surface area contributed by atoms with E-state index >= 15 is 0 Å². The number of fused-ring (bicyclic) bond motifs is 2. The van der Waals surface area contributed by atoms with Crippen LogP contribution in [0.25, 0.3) is 21.2 Å². The van der Waals surface area contributed by atoms with Crippen LogP contribution in [0.2, 0.25) is 0 Å². The molecule has 0 unspecified atom stereocenters. The van der Waals surface area contributed by atoms with Crippen molar-refractivity contribution < 1.29 is 9.21 Å². The minimum Gasteiger partial charge on any atom is -0.459 e. The molecule has 0 saturated carbocycles. The van der Waals surface area contributed by atoms with E-state index in [1.54, 1.807) is 0 Å². The molecule has 0 spiro atoms. The van der Waals surface area contributed by atoms with Crippen LogP contribution in [0.5, 0.6) is 0 Å². The topological polar surface area (TPSA) is 88.0 Å². The number of hydrogen-bond acceptors (Lipinski definition) is 6. The van der Waals surface area contributed by atoms with Gasteiger partial charge in [-0.25, -0.2) is 4.98 Å². The van der Waals surface area contributed by atoms with Crippen molar-refractivity contribution in [2.75, 3.05) is 5.75 Å². The maximum Gasteiger partial charge on any atom is 0.259 e. The Labute approximate surface area is 182 Å². The summed E-state index contributed by atoms with van der Waals surface area (Å²) in [6.07, 6.45) is 0. The van der Waals surface area contributed by atoms with Crippen LogP contribution in [0.4, 0.5) is 0 Å². The molecular weight excluding hydrogens is 418 g/mol. The van der Waals surface area contributed by atoms with Gasteiger partial charge in [-0.05, 0) is 45.4 Å². The maximum atomic E-state index is 12.5. The summed E-state index contributed by atoms with van der Waals surface area (Å²) in [5.41, 5.74) is 1.67. The van der Waals surface area contributed by atoms with Gasteiger partial charge in [-0.2, -0.15) is 0 Å². The van der Waals surface area contributed by atoms with Crippen LogP contribution >= 0.6 is 23.1 Å². The molecule has 0 aliphatic heterocycles. The number of nitrogens with zero attached hydrogens (tertiary/aromatic N) is 1. The monoisotopic (exact) mass is 441 g/mol. The number of thiophene rings is 1. The van der Waals surface area contributed by atoms with E-state index in [9.17, 15) is 9.59 Å². The van der Waals surface area contributed by atoms with E-state index in [0.29, 0.717) is 11.2 Å². The van der Waals surface area contributed by atoms with Gasteiger partial charge < -0.3 is 14.7 Å². The summed E-state index contributed by atoms with van der Waals surface area (Å²) in [6.45, 7) is 7.78. The van der Waals surface area contributed by atoms with E-state index in [-0.39, 0.29) is 28.5 Å². The number of amides is 1. The Morgan fingerprint density at radius 2 is 2.07 bits per heavy atom. The zero-order chi connectivity index (χ0) is 21.4. The van der Waals surface area contributed by atoms with E-state index in [0.717, 1.165) is 32.0 Å². The van der Waals surface area contributed by atoms with Crippen molar-refractivity contribution in [1.82, 2.24) is 15.3 Å². The second-order valence-electron chi connectivity index (χ2n) is 7.34. The molecule has 2 atom stereocenters. The number of furan rings is 1.